The molecule has 0 saturated heterocycles. The van der Waals surface area contributed by atoms with E-state index >= 15 is 0 Å². The van der Waals surface area contributed by atoms with E-state index in [4.69, 9.17) is 0 Å². The van der Waals surface area contributed by atoms with Crippen molar-refractivity contribution in [1.82, 2.24) is 0 Å². The van der Waals surface area contributed by atoms with Crippen molar-refractivity contribution in [1.29, 1.82) is 0 Å². The Kier molecular flexibility index (Phi) is 3.44. The lowest BCUT2D eigenvalue weighted by molar-refractivity contribution is -0.384. The van der Waals surface area contributed by atoms with Crippen molar-refractivity contribution in [2.24, 2.45) is 0 Å². The van der Waals surface area contributed by atoms with Crippen LogP contribution in [0, 0.1) is 17.0 Å². The number of hydrogen-bond acceptors (Lipinski definition) is 4. The number of phenolic OH excluding ortho intramolecular Hbond substituents is 1. The molecule has 6 nitrogen and oxygen atoms in total. The minimum Gasteiger partial charge on any atom is -0.508 e. The maximum Gasteiger partial charge on any atom is 0.471 e. The number of halogens is 3. The van der Waals surface area contributed by atoms with Crippen molar-refractivity contribution in [3.8, 4) is 5.75 Å². The average molecular weight is 264 g/mol. The molecule has 9 heteroatoms. The van der Waals surface area contributed by atoms with Crippen LogP contribution in [0.4, 0.5) is 24.5 Å². The third kappa shape index (κ3) is 2.67. The Labute approximate surface area is 98.2 Å². The second-order valence-electron chi connectivity index (χ2n) is 3.31. The van der Waals surface area contributed by atoms with Crippen LogP contribution in [0.15, 0.2) is 12.1 Å². The second kappa shape index (κ2) is 4.51. The summed E-state index contributed by atoms with van der Waals surface area (Å²) in [6.07, 6.45) is -5.17. The van der Waals surface area contributed by atoms with Crippen molar-refractivity contribution in [2.45, 2.75) is 13.1 Å². The van der Waals surface area contributed by atoms with Crippen LogP contribution < -0.4 is 5.32 Å². The summed E-state index contributed by atoms with van der Waals surface area (Å²) in [5.41, 5.74) is -1.63. The minimum atomic E-state index is -5.17. The van der Waals surface area contributed by atoms with Gasteiger partial charge in [-0.2, -0.15) is 13.2 Å². The molecule has 98 valence electrons. The zero-order valence-corrected chi connectivity index (χ0v) is 8.91. The lowest BCUT2D eigenvalue weighted by Gasteiger charge is -2.11. The molecule has 0 spiro atoms. The molecule has 0 atom stereocenters. The van der Waals surface area contributed by atoms with E-state index in [1.165, 1.54) is 5.32 Å². The lowest BCUT2D eigenvalue weighted by Crippen LogP contribution is -2.30. The van der Waals surface area contributed by atoms with Gasteiger partial charge >= 0.3 is 12.1 Å². The summed E-state index contributed by atoms with van der Waals surface area (Å²) >= 11 is 0. The molecule has 0 bridgehead atoms. The summed E-state index contributed by atoms with van der Waals surface area (Å²) in [5, 5.41) is 21.3. The largest absolute Gasteiger partial charge is 0.508 e. The third-order valence-electron chi connectivity index (χ3n) is 2.11. The summed E-state index contributed by atoms with van der Waals surface area (Å²) in [6.45, 7) is 1.15. The van der Waals surface area contributed by atoms with Crippen molar-refractivity contribution in [2.75, 3.05) is 5.32 Å². The molecule has 0 aliphatic rings. The zero-order valence-electron chi connectivity index (χ0n) is 8.91. The Bertz CT molecular complexity index is 513. The first-order valence-corrected chi connectivity index (χ1v) is 4.49. The Hall–Kier alpha value is -2.32. The quantitative estimate of drug-likeness (QED) is 0.632. The van der Waals surface area contributed by atoms with Crippen LogP contribution in [0.5, 0.6) is 5.75 Å². The van der Waals surface area contributed by atoms with Crippen LogP contribution in [-0.2, 0) is 4.79 Å². The van der Waals surface area contributed by atoms with Crippen LogP contribution >= 0.6 is 0 Å². The number of nitro groups is 1. The van der Waals surface area contributed by atoms with Gasteiger partial charge < -0.3 is 10.4 Å². The van der Waals surface area contributed by atoms with Gasteiger partial charge in [0.2, 0.25) is 0 Å². The number of alkyl halides is 3. The van der Waals surface area contributed by atoms with Crippen LogP contribution in [0.1, 0.15) is 5.56 Å². The molecule has 0 heterocycles. The molecule has 0 saturated carbocycles. The van der Waals surface area contributed by atoms with Crippen molar-refractivity contribution >= 4 is 17.3 Å². The van der Waals surface area contributed by atoms with Gasteiger partial charge in [0.25, 0.3) is 5.69 Å². The fraction of sp³-hybridized carbons (Fsp3) is 0.222. The first kappa shape index (κ1) is 13.7. The Morgan fingerprint density at radius 3 is 2.44 bits per heavy atom. The van der Waals surface area contributed by atoms with E-state index in [1.807, 2.05) is 0 Å². The normalized spacial score (nSPS) is 11.1. The fourth-order valence-electron chi connectivity index (χ4n) is 1.18. The molecular weight excluding hydrogens is 257 g/mol. The van der Waals surface area contributed by atoms with E-state index in [1.54, 1.807) is 0 Å². The average Bonchev–Trinajstić information content (AvgIpc) is 2.23. The molecule has 0 fully saturated rings. The maximum atomic E-state index is 12.1. The molecule has 0 unspecified atom stereocenters. The number of nitrogens with zero attached hydrogens (tertiary/aromatic N) is 1. The molecule has 1 amide bonds. The van der Waals surface area contributed by atoms with Gasteiger partial charge in [-0.15, -0.1) is 0 Å². The smallest absolute Gasteiger partial charge is 0.471 e. The zero-order chi connectivity index (χ0) is 14.1. The number of benzene rings is 1. The molecule has 1 aromatic carbocycles. The number of carbonyl (C=O) groups excluding carboxylic acids is 1. The summed E-state index contributed by atoms with van der Waals surface area (Å²) in [5.74, 6) is -2.81. The molecule has 0 aliphatic carbocycles. The van der Waals surface area contributed by atoms with Gasteiger partial charge in [0, 0.05) is 11.6 Å². The van der Waals surface area contributed by atoms with Gasteiger partial charge in [0.05, 0.1) is 4.92 Å². The number of hydrogen-bond donors (Lipinski definition) is 2. The predicted molar refractivity (Wildman–Crippen MR) is 54.2 cm³/mol. The summed E-state index contributed by atoms with van der Waals surface area (Å²) in [6, 6.07) is 1.75. The monoisotopic (exact) mass is 264 g/mol. The van der Waals surface area contributed by atoms with Crippen LogP contribution in [0.3, 0.4) is 0 Å². The van der Waals surface area contributed by atoms with Crippen LogP contribution in [0.2, 0.25) is 0 Å². The maximum absolute atomic E-state index is 12.1. The molecule has 1 rings (SSSR count). The Morgan fingerprint density at radius 2 is 2.00 bits per heavy atom. The predicted octanol–water partition coefficient (Wildman–Crippen LogP) is 2.11. The number of carbonyl (C=O) groups is 1. The van der Waals surface area contributed by atoms with E-state index in [9.17, 15) is 33.2 Å². The second-order valence-corrected chi connectivity index (χ2v) is 3.31. The molecule has 0 aromatic heterocycles. The first-order chi connectivity index (χ1) is 8.14. The van der Waals surface area contributed by atoms with Gasteiger partial charge in [0.15, 0.2) is 0 Å². The van der Waals surface area contributed by atoms with Crippen molar-refractivity contribution in [3.63, 3.8) is 0 Å². The third-order valence-corrected chi connectivity index (χ3v) is 2.11. The number of nitro benzene ring substituents is 1. The SMILES string of the molecule is Cc1c(O)ccc([N+](=O)[O-])c1NC(=O)C(F)(F)F. The van der Waals surface area contributed by atoms with E-state index in [2.05, 4.69) is 0 Å². The minimum absolute atomic E-state index is 0.221. The topological polar surface area (TPSA) is 92.5 Å². The van der Waals surface area contributed by atoms with Gasteiger partial charge in [-0.25, -0.2) is 0 Å². The first-order valence-electron chi connectivity index (χ1n) is 4.49. The highest BCUT2D eigenvalue weighted by Crippen LogP contribution is 2.34. The Balaban J connectivity index is 3.26. The highest BCUT2D eigenvalue weighted by atomic mass is 19.4. The summed E-state index contributed by atoms with van der Waals surface area (Å²) in [7, 11) is 0. The lowest BCUT2D eigenvalue weighted by atomic mass is 10.1. The molecule has 0 radical (unpaired) electrons. The van der Waals surface area contributed by atoms with E-state index in [-0.39, 0.29) is 5.56 Å². The molecule has 2 N–H and O–H groups in total. The number of aromatic hydroxyl groups is 1. The van der Waals surface area contributed by atoms with Crippen LogP contribution in [-0.4, -0.2) is 22.1 Å². The fourth-order valence-corrected chi connectivity index (χ4v) is 1.18. The number of rotatable bonds is 2. The van der Waals surface area contributed by atoms with Gasteiger partial charge in [0.1, 0.15) is 11.4 Å². The van der Waals surface area contributed by atoms with Crippen LogP contribution in [0.25, 0.3) is 0 Å². The molecular formula is C9H7F3N2O4. The highest BCUT2D eigenvalue weighted by molar-refractivity contribution is 5.98. The Morgan fingerprint density at radius 1 is 1.44 bits per heavy atom. The van der Waals surface area contributed by atoms with Gasteiger partial charge in [-0.1, -0.05) is 0 Å². The highest BCUT2D eigenvalue weighted by Gasteiger charge is 2.40. The van der Waals surface area contributed by atoms with Gasteiger partial charge in [-0.05, 0) is 13.0 Å². The van der Waals surface area contributed by atoms with E-state index in [0.29, 0.717) is 0 Å². The van der Waals surface area contributed by atoms with E-state index in [0.717, 1.165) is 19.1 Å². The van der Waals surface area contributed by atoms with E-state index < -0.39 is 34.1 Å². The number of amides is 1. The number of phenols is 1. The molecule has 18 heavy (non-hydrogen) atoms. The van der Waals surface area contributed by atoms with Gasteiger partial charge in [-0.3, -0.25) is 14.9 Å². The standard InChI is InChI=1S/C9H7F3N2O4/c1-4-6(15)3-2-5(14(17)18)7(4)13-8(16)9(10,11)12/h2-3,15H,1H3,(H,13,16). The number of nitrogens with one attached hydrogen (secondary N) is 1. The van der Waals surface area contributed by atoms with Crippen molar-refractivity contribution < 1.29 is 28.0 Å². The van der Waals surface area contributed by atoms with Crippen molar-refractivity contribution in [3.05, 3.63) is 27.8 Å². The summed E-state index contributed by atoms with van der Waals surface area (Å²) in [4.78, 5) is 20.4. The summed E-state index contributed by atoms with van der Waals surface area (Å²) < 4.78 is 36.2. The molecule has 0 aliphatic heterocycles. The molecule has 1 aromatic rings. The number of anilines is 1.